The third-order valence-electron chi connectivity index (χ3n) is 2.45. The second kappa shape index (κ2) is 7.10. The van der Waals surface area contributed by atoms with Crippen LogP contribution in [0.5, 0.6) is 0 Å². The molecule has 0 radical (unpaired) electrons. The molecule has 0 spiro atoms. The second-order valence-electron chi connectivity index (χ2n) is 3.66. The Bertz CT molecular complexity index is 331. The van der Waals surface area contributed by atoms with Crippen LogP contribution in [0.25, 0.3) is 0 Å². The van der Waals surface area contributed by atoms with Gasteiger partial charge in [-0.15, -0.1) is 11.6 Å². The molecular weight excluding hydrogens is 248 g/mol. The van der Waals surface area contributed by atoms with Gasteiger partial charge in [0.2, 0.25) is 0 Å². The van der Waals surface area contributed by atoms with Crippen LogP contribution in [0.2, 0.25) is 5.02 Å². The maximum absolute atomic E-state index is 13.0. The lowest BCUT2D eigenvalue weighted by Crippen LogP contribution is -2.24. The van der Waals surface area contributed by atoms with E-state index >= 15 is 0 Å². The second-order valence-corrected chi connectivity index (χ2v) is 4.44. The fourth-order valence-corrected chi connectivity index (χ4v) is 1.85. The quantitative estimate of drug-likeness (QED) is 0.704. The van der Waals surface area contributed by atoms with E-state index in [2.05, 4.69) is 11.8 Å². The molecule has 0 heterocycles. The first-order valence-electron chi connectivity index (χ1n) is 5.39. The lowest BCUT2D eigenvalue weighted by Gasteiger charge is -2.19. The highest BCUT2D eigenvalue weighted by atomic mass is 35.5. The summed E-state index contributed by atoms with van der Waals surface area (Å²) in [4.78, 5) is 2.26. The average Bonchev–Trinajstić information content (AvgIpc) is 2.29. The van der Waals surface area contributed by atoms with E-state index in [4.69, 9.17) is 23.2 Å². The van der Waals surface area contributed by atoms with Crippen LogP contribution >= 0.6 is 23.2 Å². The largest absolute Gasteiger partial charge is 0.299 e. The van der Waals surface area contributed by atoms with Gasteiger partial charge in [0.25, 0.3) is 0 Å². The van der Waals surface area contributed by atoms with Crippen molar-refractivity contribution < 1.29 is 4.39 Å². The summed E-state index contributed by atoms with van der Waals surface area (Å²) in [5.41, 5.74) is 1.03. The van der Waals surface area contributed by atoms with Crippen LogP contribution in [0.15, 0.2) is 18.2 Å². The monoisotopic (exact) mass is 263 g/mol. The van der Waals surface area contributed by atoms with Gasteiger partial charge in [-0.1, -0.05) is 24.6 Å². The Hall–Kier alpha value is -0.310. The average molecular weight is 264 g/mol. The molecular formula is C12H16Cl2FN. The van der Waals surface area contributed by atoms with Gasteiger partial charge in [0.1, 0.15) is 5.82 Å². The summed E-state index contributed by atoms with van der Waals surface area (Å²) >= 11 is 11.4. The van der Waals surface area contributed by atoms with Crippen molar-refractivity contribution in [3.63, 3.8) is 0 Å². The fraction of sp³-hybridized carbons (Fsp3) is 0.500. The van der Waals surface area contributed by atoms with Gasteiger partial charge < -0.3 is 0 Å². The molecule has 0 amide bonds. The van der Waals surface area contributed by atoms with Crippen molar-refractivity contribution in [3.05, 3.63) is 34.6 Å². The van der Waals surface area contributed by atoms with Crippen LogP contribution in [0.1, 0.15) is 18.9 Å². The molecule has 0 aliphatic heterocycles. The van der Waals surface area contributed by atoms with Gasteiger partial charge >= 0.3 is 0 Å². The summed E-state index contributed by atoms with van der Waals surface area (Å²) in [5, 5.41) is 0.186. The zero-order valence-corrected chi connectivity index (χ0v) is 10.9. The topological polar surface area (TPSA) is 3.24 Å². The van der Waals surface area contributed by atoms with Crippen molar-refractivity contribution in [2.45, 2.75) is 19.9 Å². The van der Waals surface area contributed by atoms with Gasteiger partial charge in [-0.05, 0) is 37.2 Å². The lowest BCUT2D eigenvalue weighted by molar-refractivity contribution is 0.281. The van der Waals surface area contributed by atoms with E-state index in [0.29, 0.717) is 5.88 Å². The first-order chi connectivity index (χ1) is 7.67. The summed E-state index contributed by atoms with van der Waals surface area (Å²) in [7, 11) is 0. The van der Waals surface area contributed by atoms with Gasteiger partial charge in [0.15, 0.2) is 0 Å². The van der Waals surface area contributed by atoms with Crippen LogP contribution in [-0.4, -0.2) is 23.9 Å². The van der Waals surface area contributed by atoms with Crippen molar-refractivity contribution in [2.24, 2.45) is 0 Å². The number of hydrogen-bond acceptors (Lipinski definition) is 1. The van der Waals surface area contributed by atoms with Crippen LogP contribution in [0.4, 0.5) is 4.39 Å². The fourth-order valence-electron chi connectivity index (χ4n) is 1.53. The van der Waals surface area contributed by atoms with Crippen molar-refractivity contribution in [2.75, 3.05) is 19.0 Å². The molecule has 1 aromatic rings. The van der Waals surface area contributed by atoms with Crippen LogP contribution < -0.4 is 0 Å². The standard InChI is InChI=1S/C12H16Cl2FN/c1-2-16(7-3-6-13)9-10-4-5-12(15)11(14)8-10/h4-5,8H,2-3,6-7,9H2,1H3. The van der Waals surface area contributed by atoms with Crippen LogP contribution in [0, 0.1) is 5.82 Å². The molecule has 1 rings (SSSR count). The number of halogens is 3. The predicted octanol–water partition coefficient (Wildman–Crippen LogP) is 3.93. The van der Waals surface area contributed by atoms with E-state index in [1.165, 1.54) is 6.07 Å². The van der Waals surface area contributed by atoms with Crippen LogP contribution in [-0.2, 0) is 6.54 Å². The predicted molar refractivity (Wildman–Crippen MR) is 67.7 cm³/mol. The van der Waals surface area contributed by atoms with E-state index in [-0.39, 0.29) is 10.8 Å². The molecule has 0 N–H and O–H groups in total. The highest BCUT2D eigenvalue weighted by Crippen LogP contribution is 2.17. The van der Waals surface area contributed by atoms with Crippen molar-refractivity contribution in [1.82, 2.24) is 4.90 Å². The Labute approximate surface area is 106 Å². The highest BCUT2D eigenvalue weighted by molar-refractivity contribution is 6.30. The summed E-state index contributed by atoms with van der Waals surface area (Å²) in [6, 6.07) is 4.86. The van der Waals surface area contributed by atoms with Crippen LogP contribution in [0.3, 0.4) is 0 Å². The Morgan fingerprint density at radius 2 is 2.12 bits per heavy atom. The van der Waals surface area contributed by atoms with Gasteiger partial charge in [0.05, 0.1) is 5.02 Å². The number of hydrogen-bond donors (Lipinski definition) is 0. The SMILES string of the molecule is CCN(CCCCl)Cc1ccc(F)c(Cl)c1. The molecule has 0 saturated heterocycles. The highest BCUT2D eigenvalue weighted by Gasteiger charge is 2.05. The Morgan fingerprint density at radius 1 is 1.38 bits per heavy atom. The first kappa shape index (κ1) is 13.8. The molecule has 0 atom stereocenters. The molecule has 0 aliphatic carbocycles. The van der Waals surface area contributed by atoms with E-state index in [1.807, 2.05) is 0 Å². The smallest absolute Gasteiger partial charge is 0.141 e. The first-order valence-corrected chi connectivity index (χ1v) is 6.31. The van der Waals surface area contributed by atoms with Gasteiger partial charge in [-0.2, -0.15) is 0 Å². The summed E-state index contributed by atoms with van der Waals surface area (Å²) in [6.07, 6.45) is 0.963. The van der Waals surface area contributed by atoms with E-state index in [0.717, 1.165) is 31.6 Å². The van der Waals surface area contributed by atoms with Crippen molar-refractivity contribution >= 4 is 23.2 Å². The minimum atomic E-state index is -0.366. The summed E-state index contributed by atoms with van der Waals surface area (Å²) in [6.45, 7) is 4.79. The molecule has 90 valence electrons. The summed E-state index contributed by atoms with van der Waals surface area (Å²) in [5.74, 6) is 0.301. The number of rotatable bonds is 6. The third-order valence-corrected chi connectivity index (χ3v) is 3.00. The number of nitrogens with zero attached hydrogens (tertiary/aromatic N) is 1. The molecule has 0 fully saturated rings. The maximum atomic E-state index is 13.0. The third kappa shape index (κ3) is 4.28. The van der Waals surface area contributed by atoms with Gasteiger partial charge in [-0.3, -0.25) is 4.90 Å². The van der Waals surface area contributed by atoms with Crippen molar-refractivity contribution in [1.29, 1.82) is 0 Å². The molecule has 1 nitrogen and oxygen atoms in total. The van der Waals surface area contributed by atoms with Gasteiger partial charge in [0, 0.05) is 12.4 Å². The zero-order valence-electron chi connectivity index (χ0n) is 9.35. The van der Waals surface area contributed by atoms with Gasteiger partial charge in [-0.25, -0.2) is 4.39 Å². The molecule has 0 bridgehead atoms. The molecule has 0 unspecified atom stereocenters. The number of benzene rings is 1. The molecule has 0 aliphatic rings. The molecule has 0 aromatic heterocycles. The van der Waals surface area contributed by atoms with Crippen molar-refractivity contribution in [3.8, 4) is 0 Å². The molecule has 4 heteroatoms. The lowest BCUT2D eigenvalue weighted by atomic mass is 10.2. The van der Waals surface area contributed by atoms with E-state index < -0.39 is 0 Å². The Kier molecular flexibility index (Phi) is 6.10. The molecule has 0 saturated carbocycles. The Morgan fingerprint density at radius 3 is 2.69 bits per heavy atom. The molecule has 1 aromatic carbocycles. The number of alkyl halides is 1. The van der Waals surface area contributed by atoms with E-state index in [1.54, 1.807) is 12.1 Å². The minimum absolute atomic E-state index is 0.186. The summed E-state index contributed by atoms with van der Waals surface area (Å²) < 4.78 is 13.0. The zero-order chi connectivity index (χ0) is 12.0. The Balaban J connectivity index is 2.59. The minimum Gasteiger partial charge on any atom is -0.299 e. The maximum Gasteiger partial charge on any atom is 0.141 e. The van der Waals surface area contributed by atoms with E-state index in [9.17, 15) is 4.39 Å². The molecule has 16 heavy (non-hydrogen) atoms. The normalized spacial score (nSPS) is 11.1.